The normalized spacial score (nSPS) is 15.7. The van der Waals surface area contributed by atoms with E-state index < -0.39 is 36.2 Å². The van der Waals surface area contributed by atoms with Gasteiger partial charge in [-0.2, -0.15) is 0 Å². The van der Waals surface area contributed by atoms with Crippen molar-refractivity contribution in [2.45, 2.75) is 58.9 Å². The number of hydrogen-bond donors (Lipinski definition) is 0. The molecule has 4 unspecified atom stereocenters. The highest BCUT2D eigenvalue weighted by molar-refractivity contribution is 5.91. The van der Waals surface area contributed by atoms with E-state index in [1.54, 1.807) is 13.8 Å². The number of carbonyl (C=O) groups excluding carboxylic acids is 4. The fourth-order valence-electron chi connectivity index (χ4n) is 1.81. The Morgan fingerprint density at radius 2 is 1.21 bits per heavy atom. The number of nitrogens with zero attached hydrogens (tertiary/aromatic N) is 2. The van der Waals surface area contributed by atoms with Crippen molar-refractivity contribution in [3.63, 3.8) is 0 Å². The zero-order valence-electron chi connectivity index (χ0n) is 15.7. The summed E-state index contributed by atoms with van der Waals surface area (Å²) in [6.45, 7) is 7.47. The zero-order valence-corrected chi connectivity index (χ0v) is 15.7. The van der Waals surface area contributed by atoms with E-state index in [0.717, 1.165) is 0 Å². The van der Waals surface area contributed by atoms with Gasteiger partial charge in [-0.05, 0) is 34.6 Å². The second kappa shape index (κ2) is 9.36. The molecule has 138 valence electrons. The Bertz CT molecular complexity index is 493. The van der Waals surface area contributed by atoms with Crippen molar-refractivity contribution in [1.82, 2.24) is 9.80 Å². The molecule has 0 saturated heterocycles. The van der Waals surface area contributed by atoms with Crippen molar-refractivity contribution in [3.8, 4) is 0 Å². The molecule has 0 bridgehead atoms. The van der Waals surface area contributed by atoms with Crippen LogP contribution in [0.4, 0.5) is 0 Å². The van der Waals surface area contributed by atoms with Crippen molar-refractivity contribution >= 4 is 23.6 Å². The van der Waals surface area contributed by atoms with Crippen LogP contribution in [0.25, 0.3) is 0 Å². The third-order valence-corrected chi connectivity index (χ3v) is 4.13. The Balaban J connectivity index is 4.83. The van der Waals surface area contributed by atoms with Crippen LogP contribution in [-0.2, 0) is 28.7 Å². The van der Waals surface area contributed by atoms with Crippen LogP contribution in [0.15, 0.2) is 0 Å². The second-order valence-electron chi connectivity index (χ2n) is 5.82. The van der Waals surface area contributed by atoms with Gasteiger partial charge in [0.05, 0.1) is 6.04 Å². The van der Waals surface area contributed by atoms with Crippen LogP contribution in [0.1, 0.15) is 34.6 Å². The van der Waals surface area contributed by atoms with E-state index >= 15 is 0 Å². The second-order valence-corrected chi connectivity index (χ2v) is 5.82. The maximum Gasteiger partial charge on any atom is 0.329 e. The SMILES string of the molecule is COC(C)C(=O)N(C)C(C)C(=O)OC(C)C(=O)N(C)C(C)C(C)=O. The number of likely N-dealkylation sites (N-methyl/N-ethyl adjacent to an activating group) is 2. The minimum Gasteiger partial charge on any atom is -0.451 e. The van der Waals surface area contributed by atoms with Crippen molar-refractivity contribution in [2.24, 2.45) is 0 Å². The van der Waals surface area contributed by atoms with E-state index in [1.807, 2.05) is 0 Å². The van der Waals surface area contributed by atoms with Gasteiger partial charge in [0.15, 0.2) is 11.9 Å². The summed E-state index contributed by atoms with van der Waals surface area (Å²) >= 11 is 0. The molecule has 0 aliphatic rings. The predicted molar refractivity (Wildman–Crippen MR) is 87.2 cm³/mol. The first-order valence-electron chi connectivity index (χ1n) is 7.72. The summed E-state index contributed by atoms with van der Waals surface area (Å²) in [4.78, 5) is 50.1. The lowest BCUT2D eigenvalue weighted by Crippen LogP contribution is -2.49. The first kappa shape index (κ1) is 22.0. The van der Waals surface area contributed by atoms with Crippen LogP contribution < -0.4 is 0 Å². The molecule has 0 aliphatic heterocycles. The van der Waals surface area contributed by atoms with Crippen molar-refractivity contribution < 1.29 is 28.7 Å². The average molecular weight is 344 g/mol. The number of esters is 1. The first-order chi connectivity index (χ1) is 10.9. The number of rotatable bonds is 8. The molecule has 2 amide bonds. The van der Waals surface area contributed by atoms with Crippen LogP contribution >= 0.6 is 0 Å². The Kier molecular flexibility index (Phi) is 8.60. The van der Waals surface area contributed by atoms with E-state index in [-0.39, 0.29) is 11.7 Å². The van der Waals surface area contributed by atoms with Gasteiger partial charge >= 0.3 is 5.97 Å². The molecule has 0 radical (unpaired) electrons. The van der Waals surface area contributed by atoms with E-state index in [0.29, 0.717) is 0 Å². The minimum atomic E-state index is -1.06. The molecule has 0 aromatic heterocycles. The van der Waals surface area contributed by atoms with E-state index in [9.17, 15) is 19.2 Å². The standard InChI is InChI=1S/C16H28N2O6/c1-9(11(3)19)17(6)15(21)13(5)24-16(22)10(2)18(7)14(20)12(4)23-8/h9-10,12-13H,1-8H3. The monoisotopic (exact) mass is 344 g/mol. The number of methoxy groups -OCH3 is 1. The Hall–Kier alpha value is -1.96. The lowest BCUT2D eigenvalue weighted by molar-refractivity contribution is -0.166. The van der Waals surface area contributed by atoms with Crippen LogP contribution in [0, 0.1) is 0 Å². The molecule has 0 aromatic rings. The third-order valence-electron chi connectivity index (χ3n) is 4.13. The van der Waals surface area contributed by atoms with Crippen LogP contribution in [0.2, 0.25) is 0 Å². The van der Waals surface area contributed by atoms with Gasteiger partial charge in [0, 0.05) is 21.2 Å². The summed E-state index contributed by atoms with van der Waals surface area (Å²) < 4.78 is 10.1. The fraction of sp³-hybridized carbons (Fsp3) is 0.750. The average Bonchev–Trinajstić information content (AvgIpc) is 2.56. The Labute approximate surface area is 143 Å². The highest BCUT2D eigenvalue weighted by Gasteiger charge is 2.31. The van der Waals surface area contributed by atoms with Gasteiger partial charge in [-0.1, -0.05) is 0 Å². The number of ether oxygens (including phenoxy) is 2. The van der Waals surface area contributed by atoms with Gasteiger partial charge in [-0.25, -0.2) is 4.79 Å². The van der Waals surface area contributed by atoms with Gasteiger partial charge in [0.1, 0.15) is 12.1 Å². The largest absolute Gasteiger partial charge is 0.451 e. The van der Waals surface area contributed by atoms with Gasteiger partial charge in [0.2, 0.25) is 0 Å². The molecular formula is C16H28N2O6. The highest BCUT2D eigenvalue weighted by atomic mass is 16.5. The Morgan fingerprint density at radius 3 is 1.62 bits per heavy atom. The van der Waals surface area contributed by atoms with Crippen molar-refractivity contribution in [3.05, 3.63) is 0 Å². The number of ketones is 1. The molecule has 8 nitrogen and oxygen atoms in total. The highest BCUT2D eigenvalue weighted by Crippen LogP contribution is 2.08. The maximum atomic E-state index is 12.2. The van der Waals surface area contributed by atoms with Gasteiger partial charge < -0.3 is 19.3 Å². The minimum absolute atomic E-state index is 0.170. The topological polar surface area (TPSA) is 93.2 Å². The molecular weight excluding hydrogens is 316 g/mol. The van der Waals surface area contributed by atoms with Crippen molar-refractivity contribution in [1.29, 1.82) is 0 Å². The molecule has 8 heteroatoms. The molecule has 0 spiro atoms. The Morgan fingerprint density at radius 1 is 0.792 bits per heavy atom. The summed E-state index contributed by atoms with van der Waals surface area (Å²) in [6.07, 6.45) is -1.75. The maximum absolute atomic E-state index is 12.2. The molecule has 0 aromatic carbocycles. The van der Waals surface area contributed by atoms with Crippen molar-refractivity contribution in [2.75, 3.05) is 21.2 Å². The lowest BCUT2D eigenvalue weighted by Gasteiger charge is -2.29. The smallest absolute Gasteiger partial charge is 0.329 e. The summed E-state index contributed by atoms with van der Waals surface area (Å²) in [5.41, 5.74) is 0. The summed E-state index contributed by atoms with van der Waals surface area (Å²) in [6, 6.07) is -1.48. The molecule has 0 rings (SSSR count). The summed E-state index contributed by atoms with van der Waals surface area (Å²) in [5.74, 6) is -1.74. The molecule has 0 fully saturated rings. The molecule has 0 N–H and O–H groups in total. The summed E-state index contributed by atoms with van der Waals surface area (Å²) in [7, 11) is 4.32. The van der Waals surface area contributed by atoms with E-state index in [2.05, 4.69) is 0 Å². The molecule has 0 saturated carbocycles. The third kappa shape index (κ3) is 5.59. The zero-order chi connectivity index (χ0) is 19.2. The predicted octanol–water partition coefficient (Wildman–Crippen LogP) is 0.236. The molecule has 0 aliphatic carbocycles. The number of amides is 2. The number of Topliss-reactive ketones (excluding diaryl/α,β-unsaturated/α-hetero) is 1. The fourth-order valence-corrected chi connectivity index (χ4v) is 1.81. The van der Waals surface area contributed by atoms with E-state index in [4.69, 9.17) is 9.47 Å². The molecule has 0 heterocycles. The number of hydrogen-bond acceptors (Lipinski definition) is 6. The van der Waals surface area contributed by atoms with Gasteiger partial charge in [-0.3, -0.25) is 14.4 Å². The van der Waals surface area contributed by atoms with Gasteiger partial charge in [-0.15, -0.1) is 0 Å². The first-order valence-corrected chi connectivity index (χ1v) is 7.72. The van der Waals surface area contributed by atoms with Crippen LogP contribution in [0.3, 0.4) is 0 Å². The van der Waals surface area contributed by atoms with E-state index in [1.165, 1.54) is 51.8 Å². The van der Waals surface area contributed by atoms with Gasteiger partial charge in [0.25, 0.3) is 11.8 Å². The van der Waals surface area contributed by atoms with Crippen LogP contribution in [-0.4, -0.2) is 78.9 Å². The lowest BCUT2D eigenvalue weighted by atomic mass is 10.2. The molecule has 4 atom stereocenters. The van der Waals surface area contributed by atoms with Crippen LogP contribution in [0.5, 0.6) is 0 Å². The summed E-state index contributed by atoms with van der Waals surface area (Å²) in [5, 5.41) is 0. The quantitative estimate of drug-likeness (QED) is 0.586. The molecule has 24 heavy (non-hydrogen) atoms. The number of carbonyl (C=O) groups is 4.